The zero-order valence-electron chi connectivity index (χ0n) is 10.6. The van der Waals surface area contributed by atoms with Crippen LogP contribution < -0.4 is 4.90 Å². The summed E-state index contributed by atoms with van der Waals surface area (Å²) < 4.78 is 0.982. The SMILES string of the molecule is CN(Cc1ccc(Cl)cc1)c1ccc(CO)cc1Br. The fraction of sp³-hybridized carbons (Fsp3) is 0.200. The van der Waals surface area contributed by atoms with Crippen LogP contribution in [-0.4, -0.2) is 12.2 Å². The Kier molecular flexibility index (Phi) is 4.86. The lowest BCUT2D eigenvalue weighted by Crippen LogP contribution is -2.16. The van der Waals surface area contributed by atoms with Crippen molar-refractivity contribution in [1.82, 2.24) is 0 Å². The van der Waals surface area contributed by atoms with Gasteiger partial charge in [0.05, 0.1) is 12.3 Å². The van der Waals surface area contributed by atoms with E-state index in [0.29, 0.717) is 0 Å². The molecule has 0 fully saturated rings. The van der Waals surface area contributed by atoms with Gasteiger partial charge in [0.15, 0.2) is 0 Å². The van der Waals surface area contributed by atoms with Crippen molar-refractivity contribution in [2.24, 2.45) is 0 Å². The first-order chi connectivity index (χ1) is 9.10. The molecule has 0 aliphatic rings. The first kappa shape index (κ1) is 14.4. The van der Waals surface area contributed by atoms with Crippen LogP contribution in [0.3, 0.4) is 0 Å². The molecule has 0 atom stereocenters. The lowest BCUT2D eigenvalue weighted by Gasteiger charge is -2.21. The number of halogens is 2. The first-order valence-electron chi connectivity index (χ1n) is 5.95. The zero-order chi connectivity index (χ0) is 13.8. The summed E-state index contributed by atoms with van der Waals surface area (Å²) in [6.07, 6.45) is 0. The summed E-state index contributed by atoms with van der Waals surface area (Å²) in [5.41, 5.74) is 3.19. The number of aliphatic hydroxyl groups excluding tert-OH is 1. The number of benzene rings is 2. The average molecular weight is 341 g/mol. The molecule has 100 valence electrons. The Hall–Kier alpha value is -1.03. The fourth-order valence-electron chi connectivity index (χ4n) is 1.91. The normalized spacial score (nSPS) is 10.5. The summed E-state index contributed by atoms with van der Waals surface area (Å²) in [5.74, 6) is 0. The van der Waals surface area contributed by atoms with E-state index in [0.717, 1.165) is 27.3 Å². The van der Waals surface area contributed by atoms with E-state index in [1.807, 2.05) is 49.5 Å². The highest BCUT2D eigenvalue weighted by molar-refractivity contribution is 9.10. The van der Waals surface area contributed by atoms with Gasteiger partial charge in [-0.05, 0) is 51.3 Å². The molecule has 0 heterocycles. The summed E-state index contributed by atoms with van der Waals surface area (Å²) >= 11 is 9.42. The third kappa shape index (κ3) is 3.72. The van der Waals surface area contributed by atoms with E-state index >= 15 is 0 Å². The van der Waals surface area contributed by atoms with Crippen molar-refractivity contribution < 1.29 is 5.11 Å². The van der Waals surface area contributed by atoms with Crippen LogP contribution in [0.1, 0.15) is 11.1 Å². The number of aliphatic hydroxyl groups is 1. The molecule has 2 rings (SSSR count). The predicted octanol–water partition coefficient (Wildman–Crippen LogP) is 4.23. The zero-order valence-corrected chi connectivity index (χ0v) is 12.9. The Morgan fingerprint density at radius 1 is 1.11 bits per heavy atom. The maximum atomic E-state index is 9.11. The Morgan fingerprint density at radius 2 is 1.74 bits per heavy atom. The molecule has 0 saturated carbocycles. The molecule has 1 N–H and O–H groups in total. The van der Waals surface area contributed by atoms with Crippen molar-refractivity contribution in [3.8, 4) is 0 Å². The van der Waals surface area contributed by atoms with Gasteiger partial charge >= 0.3 is 0 Å². The summed E-state index contributed by atoms with van der Waals surface area (Å²) in [7, 11) is 2.04. The quantitative estimate of drug-likeness (QED) is 0.900. The van der Waals surface area contributed by atoms with Crippen LogP contribution in [0, 0.1) is 0 Å². The lowest BCUT2D eigenvalue weighted by atomic mass is 10.2. The van der Waals surface area contributed by atoms with E-state index in [1.54, 1.807) is 0 Å². The molecule has 0 saturated heterocycles. The second kappa shape index (κ2) is 6.42. The second-order valence-corrected chi connectivity index (χ2v) is 5.72. The van der Waals surface area contributed by atoms with Crippen LogP contribution in [0.2, 0.25) is 5.02 Å². The Morgan fingerprint density at radius 3 is 2.32 bits per heavy atom. The van der Waals surface area contributed by atoms with Crippen LogP contribution >= 0.6 is 27.5 Å². The molecule has 2 aromatic carbocycles. The van der Waals surface area contributed by atoms with Crippen molar-refractivity contribution in [2.75, 3.05) is 11.9 Å². The van der Waals surface area contributed by atoms with E-state index in [9.17, 15) is 0 Å². The van der Waals surface area contributed by atoms with E-state index in [2.05, 4.69) is 20.8 Å². The smallest absolute Gasteiger partial charge is 0.0682 e. The summed E-state index contributed by atoms with van der Waals surface area (Å²) in [5, 5.41) is 9.86. The van der Waals surface area contributed by atoms with E-state index in [-0.39, 0.29) is 6.61 Å². The molecule has 0 spiro atoms. The van der Waals surface area contributed by atoms with Crippen LogP contribution in [0.15, 0.2) is 46.9 Å². The summed E-state index contributed by atoms with van der Waals surface area (Å²) in [6.45, 7) is 0.855. The van der Waals surface area contributed by atoms with Crippen molar-refractivity contribution in [1.29, 1.82) is 0 Å². The van der Waals surface area contributed by atoms with Gasteiger partial charge in [-0.3, -0.25) is 0 Å². The van der Waals surface area contributed by atoms with Gasteiger partial charge < -0.3 is 10.0 Å². The molecule has 0 aliphatic carbocycles. The highest BCUT2D eigenvalue weighted by atomic mass is 79.9. The Bertz CT molecular complexity index is 557. The third-order valence-corrected chi connectivity index (χ3v) is 3.83. The van der Waals surface area contributed by atoms with E-state index in [4.69, 9.17) is 16.7 Å². The molecule has 0 radical (unpaired) electrons. The maximum Gasteiger partial charge on any atom is 0.0682 e. The average Bonchev–Trinajstić information content (AvgIpc) is 2.41. The minimum Gasteiger partial charge on any atom is -0.392 e. The van der Waals surface area contributed by atoms with Gasteiger partial charge in [-0.2, -0.15) is 0 Å². The Balaban J connectivity index is 2.15. The molecular formula is C15H15BrClNO. The second-order valence-electron chi connectivity index (χ2n) is 4.43. The number of hydrogen-bond donors (Lipinski definition) is 1. The predicted molar refractivity (Wildman–Crippen MR) is 83.6 cm³/mol. The van der Waals surface area contributed by atoms with Crippen molar-refractivity contribution in [3.63, 3.8) is 0 Å². The van der Waals surface area contributed by atoms with Gasteiger partial charge in [0, 0.05) is 23.1 Å². The Labute approximate surface area is 126 Å². The molecule has 0 aromatic heterocycles. The van der Waals surface area contributed by atoms with Crippen LogP contribution in [0.25, 0.3) is 0 Å². The largest absolute Gasteiger partial charge is 0.392 e. The van der Waals surface area contributed by atoms with E-state index < -0.39 is 0 Å². The van der Waals surface area contributed by atoms with E-state index in [1.165, 1.54) is 5.56 Å². The van der Waals surface area contributed by atoms with Crippen molar-refractivity contribution in [2.45, 2.75) is 13.2 Å². The number of anilines is 1. The highest BCUT2D eigenvalue weighted by Gasteiger charge is 2.07. The van der Waals surface area contributed by atoms with Crippen molar-refractivity contribution in [3.05, 3.63) is 63.1 Å². The standard InChI is InChI=1S/C15H15BrClNO/c1-18(9-11-2-5-13(17)6-3-11)15-7-4-12(10-19)8-14(15)16/h2-8,19H,9-10H2,1H3. The maximum absolute atomic E-state index is 9.11. The number of rotatable bonds is 4. The minimum absolute atomic E-state index is 0.0553. The molecule has 0 unspecified atom stereocenters. The van der Waals surface area contributed by atoms with Crippen LogP contribution in [0.4, 0.5) is 5.69 Å². The monoisotopic (exact) mass is 339 g/mol. The van der Waals surface area contributed by atoms with Crippen molar-refractivity contribution >= 4 is 33.2 Å². The van der Waals surface area contributed by atoms with Gasteiger partial charge in [-0.25, -0.2) is 0 Å². The van der Waals surface area contributed by atoms with Crippen LogP contribution in [0.5, 0.6) is 0 Å². The molecular weight excluding hydrogens is 326 g/mol. The molecule has 0 aliphatic heterocycles. The highest BCUT2D eigenvalue weighted by Crippen LogP contribution is 2.27. The topological polar surface area (TPSA) is 23.5 Å². The molecule has 19 heavy (non-hydrogen) atoms. The van der Waals surface area contributed by atoms with Gasteiger partial charge in [-0.1, -0.05) is 29.8 Å². The molecule has 4 heteroatoms. The minimum atomic E-state index is 0.0553. The van der Waals surface area contributed by atoms with Gasteiger partial charge in [-0.15, -0.1) is 0 Å². The number of nitrogens with zero attached hydrogens (tertiary/aromatic N) is 1. The molecule has 0 bridgehead atoms. The lowest BCUT2D eigenvalue weighted by molar-refractivity contribution is 0.282. The first-order valence-corrected chi connectivity index (χ1v) is 7.12. The summed E-state index contributed by atoms with van der Waals surface area (Å²) in [6, 6.07) is 13.7. The van der Waals surface area contributed by atoms with Gasteiger partial charge in [0.25, 0.3) is 0 Å². The van der Waals surface area contributed by atoms with Crippen LogP contribution in [-0.2, 0) is 13.2 Å². The molecule has 2 nitrogen and oxygen atoms in total. The van der Waals surface area contributed by atoms with Gasteiger partial charge in [0.1, 0.15) is 0 Å². The molecule has 2 aromatic rings. The number of hydrogen-bond acceptors (Lipinski definition) is 2. The van der Waals surface area contributed by atoms with Gasteiger partial charge in [0.2, 0.25) is 0 Å². The summed E-state index contributed by atoms with van der Waals surface area (Å²) in [4.78, 5) is 2.15. The fourth-order valence-corrected chi connectivity index (χ4v) is 2.76. The molecule has 0 amide bonds. The third-order valence-electron chi connectivity index (χ3n) is 2.94.